The van der Waals surface area contributed by atoms with Gasteiger partial charge in [0.05, 0.1) is 0 Å². The molecule has 1 rings (SSSR count). The summed E-state index contributed by atoms with van der Waals surface area (Å²) >= 11 is 9.11. The van der Waals surface area contributed by atoms with E-state index in [0.717, 1.165) is 17.6 Å². The molecule has 0 aliphatic carbocycles. The molecule has 94 valence electrons. The summed E-state index contributed by atoms with van der Waals surface area (Å²) in [7, 11) is 0. The van der Waals surface area contributed by atoms with Crippen LogP contribution in [0.25, 0.3) is 0 Å². The fourth-order valence-corrected chi connectivity index (χ4v) is 1.54. The van der Waals surface area contributed by atoms with E-state index < -0.39 is 0 Å². The minimum absolute atomic E-state index is 0.185. The Hall–Kier alpha value is -0.880. The molecular formula is C10H15BrClN5. The average Bonchev–Trinajstić information content (AvgIpc) is 2.27. The molecule has 0 atom stereocenters. The molecule has 1 aromatic heterocycles. The maximum atomic E-state index is 5.86. The van der Waals surface area contributed by atoms with Crippen LogP contribution in [0.15, 0.2) is 11.1 Å². The van der Waals surface area contributed by atoms with E-state index in [1.54, 1.807) is 0 Å². The van der Waals surface area contributed by atoms with Gasteiger partial charge in [0.25, 0.3) is 0 Å². The van der Waals surface area contributed by atoms with Crippen LogP contribution < -0.4 is 10.2 Å². The summed E-state index contributed by atoms with van der Waals surface area (Å²) < 4.78 is 0.818. The normalized spacial score (nSPS) is 10.1. The summed E-state index contributed by atoms with van der Waals surface area (Å²) in [5, 5.41) is 3.19. The molecule has 0 aliphatic rings. The van der Waals surface area contributed by atoms with Crippen molar-refractivity contribution in [2.75, 3.05) is 29.9 Å². The van der Waals surface area contributed by atoms with Crippen molar-refractivity contribution in [3.63, 3.8) is 0 Å². The monoisotopic (exact) mass is 319 g/mol. The number of nitrogens with zero attached hydrogens (tertiary/aromatic N) is 4. The van der Waals surface area contributed by atoms with Gasteiger partial charge in [-0.15, -0.1) is 0 Å². The van der Waals surface area contributed by atoms with Gasteiger partial charge in [0.1, 0.15) is 0 Å². The van der Waals surface area contributed by atoms with Crippen molar-refractivity contribution in [1.29, 1.82) is 0 Å². The first-order valence-electron chi connectivity index (χ1n) is 5.30. The average molecular weight is 321 g/mol. The third-order valence-corrected chi connectivity index (χ3v) is 2.53. The van der Waals surface area contributed by atoms with E-state index in [-0.39, 0.29) is 5.28 Å². The van der Waals surface area contributed by atoms with E-state index in [2.05, 4.69) is 42.8 Å². The Balaban J connectivity index is 2.89. The van der Waals surface area contributed by atoms with Crippen LogP contribution in [0.4, 0.5) is 11.9 Å². The zero-order valence-electron chi connectivity index (χ0n) is 9.87. The quantitative estimate of drug-likeness (QED) is 0.873. The lowest BCUT2D eigenvalue weighted by atomic mass is 10.5. The van der Waals surface area contributed by atoms with Gasteiger partial charge in [0.15, 0.2) is 0 Å². The maximum absolute atomic E-state index is 5.86. The molecule has 0 amide bonds. The van der Waals surface area contributed by atoms with Gasteiger partial charge >= 0.3 is 0 Å². The van der Waals surface area contributed by atoms with E-state index in [4.69, 9.17) is 11.6 Å². The first kappa shape index (κ1) is 14.2. The number of rotatable bonds is 6. The van der Waals surface area contributed by atoms with E-state index in [1.165, 1.54) is 0 Å². The first-order chi connectivity index (χ1) is 8.06. The van der Waals surface area contributed by atoms with Crippen LogP contribution in [-0.2, 0) is 0 Å². The number of anilines is 2. The topological polar surface area (TPSA) is 53.9 Å². The Kier molecular flexibility index (Phi) is 5.64. The highest BCUT2D eigenvalue weighted by Gasteiger charge is 2.09. The van der Waals surface area contributed by atoms with Crippen LogP contribution in [0.3, 0.4) is 0 Å². The molecule has 0 aromatic carbocycles. The second kappa shape index (κ2) is 6.76. The van der Waals surface area contributed by atoms with E-state index in [1.807, 2.05) is 18.7 Å². The molecule has 0 radical (unpaired) electrons. The van der Waals surface area contributed by atoms with Crippen LogP contribution in [0.1, 0.15) is 13.8 Å². The van der Waals surface area contributed by atoms with Gasteiger partial charge in [-0.2, -0.15) is 15.0 Å². The molecule has 0 saturated heterocycles. The van der Waals surface area contributed by atoms with Crippen molar-refractivity contribution in [2.45, 2.75) is 13.8 Å². The van der Waals surface area contributed by atoms with Gasteiger partial charge in [0, 0.05) is 24.1 Å². The standard InChI is InChI=1S/C10H15BrClN5/c1-4-17(5-2)10-15-8(12)14-9(16-10)13-6-7(3)11/h3-6H2,1-2H3,(H,13,14,15,16). The van der Waals surface area contributed by atoms with Gasteiger partial charge in [-0.3, -0.25) is 0 Å². The molecule has 0 saturated carbocycles. The summed E-state index contributed by atoms with van der Waals surface area (Å²) in [4.78, 5) is 14.4. The summed E-state index contributed by atoms with van der Waals surface area (Å²) in [6.07, 6.45) is 0. The van der Waals surface area contributed by atoms with Crippen molar-refractivity contribution >= 4 is 39.4 Å². The SMILES string of the molecule is C=C(Br)CNc1nc(Cl)nc(N(CC)CC)n1. The van der Waals surface area contributed by atoms with Crippen LogP contribution in [0.5, 0.6) is 0 Å². The van der Waals surface area contributed by atoms with Gasteiger partial charge in [-0.25, -0.2) is 0 Å². The Morgan fingerprint density at radius 3 is 2.53 bits per heavy atom. The zero-order valence-corrected chi connectivity index (χ0v) is 12.2. The van der Waals surface area contributed by atoms with Crippen molar-refractivity contribution in [2.24, 2.45) is 0 Å². The highest BCUT2D eigenvalue weighted by atomic mass is 79.9. The molecule has 0 aliphatic heterocycles. The molecule has 1 heterocycles. The van der Waals surface area contributed by atoms with Crippen LogP contribution in [0, 0.1) is 0 Å². The summed E-state index contributed by atoms with van der Waals surface area (Å²) in [6, 6.07) is 0. The Morgan fingerprint density at radius 2 is 2.00 bits per heavy atom. The van der Waals surface area contributed by atoms with Gasteiger partial charge in [-0.05, 0) is 25.4 Å². The number of hydrogen-bond donors (Lipinski definition) is 1. The summed E-state index contributed by atoms with van der Waals surface area (Å²) in [6.45, 7) is 9.98. The van der Waals surface area contributed by atoms with Crippen LogP contribution >= 0.6 is 27.5 Å². The predicted molar refractivity (Wildman–Crippen MR) is 75.0 cm³/mol. The lowest BCUT2D eigenvalue weighted by molar-refractivity contribution is 0.812. The fraction of sp³-hybridized carbons (Fsp3) is 0.500. The minimum Gasteiger partial charge on any atom is -0.349 e. The third kappa shape index (κ3) is 4.47. The van der Waals surface area contributed by atoms with E-state index >= 15 is 0 Å². The second-order valence-corrected chi connectivity index (χ2v) is 4.73. The molecule has 0 unspecified atom stereocenters. The summed E-state index contributed by atoms with van der Waals surface area (Å²) in [5.41, 5.74) is 0. The highest BCUT2D eigenvalue weighted by molar-refractivity contribution is 9.11. The van der Waals surface area contributed by atoms with Gasteiger partial charge in [-0.1, -0.05) is 22.5 Å². The molecule has 7 heteroatoms. The summed E-state index contributed by atoms with van der Waals surface area (Å²) in [5.74, 6) is 1.03. The minimum atomic E-state index is 0.185. The van der Waals surface area contributed by atoms with Crippen molar-refractivity contribution in [3.8, 4) is 0 Å². The van der Waals surface area contributed by atoms with Crippen LogP contribution in [0.2, 0.25) is 5.28 Å². The van der Waals surface area contributed by atoms with Crippen LogP contribution in [-0.4, -0.2) is 34.6 Å². The molecule has 1 N–H and O–H groups in total. The second-order valence-electron chi connectivity index (χ2n) is 3.27. The number of halogens is 2. The largest absolute Gasteiger partial charge is 0.349 e. The molecule has 5 nitrogen and oxygen atoms in total. The smallest absolute Gasteiger partial charge is 0.231 e. The lowest BCUT2D eigenvalue weighted by Crippen LogP contribution is -2.25. The fourth-order valence-electron chi connectivity index (χ4n) is 1.24. The third-order valence-electron chi connectivity index (χ3n) is 2.08. The Labute approximate surface area is 114 Å². The number of nitrogens with one attached hydrogen (secondary N) is 1. The highest BCUT2D eigenvalue weighted by Crippen LogP contribution is 2.14. The Bertz CT molecular complexity index is 394. The van der Waals surface area contributed by atoms with Crippen molar-refractivity contribution < 1.29 is 0 Å². The molecule has 17 heavy (non-hydrogen) atoms. The Morgan fingerprint density at radius 1 is 1.35 bits per heavy atom. The van der Waals surface area contributed by atoms with Gasteiger partial charge < -0.3 is 10.2 Å². The van der Waals surface area contributed by atoms with Crippen molar-refractivity contribution in [1.82, 2.24) is 15.0 Å². The predicted octanol–water partition coefficient (Wildman–Crippen LogP) is 2.69. The number of hydrogen-bond acceptors (Lipinski definition) is 5. The zero-order chi connectivity index (χ0) is 12.8. The molecule has 0 spiro atoms. The van der Waals surface area contributed by atoms with Crippen molar-refractivity contribution in [3.05, 3.63) is 16.3 Å². The molecular weight excluding hydrogens is 306 g/mol. The first-order valence-corrected chi connectivity index (χ1v) is 6.47. The molecule has 1 aromatic rings. The van der Waals surface area contributed by atoms with E-state index in [0.29, 0.717) is 18.4 Å². The van der Waals surface area contributed by atoms with E-state index in [9.17, 15) is 0 Å². The number of aromatic nitrogens is 3. The lowest BCUT2D eigenvalue weighted by Gasteiger charge is -2.18. The molecule has 0 fully saturated rings. The molecule has 0 bridgehead atoms. The maximum Gasteiger partial charge on any atom is 0.231 e. The van der Waals surface area contributed by atoms with Gasteiger partial charge in [0.2, 0.25) is 17.2 Å².